The van der Waals surface area contributed by atoms with Gasteiger partial charge in [-0.1, -0.05) is 30.3 Å². The molecule has 0 N–H and O–H groups in total. The lowest BCUT2D eigenvalue weighted by Gasteiger charge is -2.04. The Bertz CT molecular complexity index is 425. The molecule has 5 nitrogen and oxygen atoms in total. The zero-order valence-corrected chi connectivity index (χ0v) is 10.7. The molecule has 0 spiro atoms. The van der Waals surface area contributed by atoms with E-state index in [0.29, 0.717) is 6.61 Å². The van der Waals surface area contributed by atoms with Crippen molar-refractivity contribution in [2.45, 2.75) is 13.5 Å². The van der Waals surface area contributed by atoms with Crippen molar-refractivity contribution < 1.29 is 23.8 Å². The Morgan fingerprint density at radius 1 is 1.16 bits per heavy atom. The number of ether oxygens (including phenoxy) is 3. The van der Waals surface area contributed by atoms with Crippen molar-refractivity contribution in [2.24, 2.45) is 0 Å². The highest BCUT2D eigenvalue weighted by Gasteiger charge is 2.02. The molecule has 0 radical (unpaired) electrons. The zero-order chi connectivity index (χ0) is 13.9. The van der Waals surface area contributed by atoms with Crippen molar-refractivity contribution in [3.8, 4) is 0 Å². The number of benzene rings is 1. The Balaban J connectivity index is 2.16. The van der Waals surface area contributed by atoms with Gasteiger partial charge in [-0.2, -0.15) is 0 Å². The van der Waals surface area contributed by atoms with Gasteiger partial charge >= 0.3 is 11.9 Å². The van der Waals surface area contributed by atoms with Gasteiger partial charge in [0.15, 0.2) is 6.61 Å². The first-order chi connectivity index (χ1) is 9.22. The van der Waals surface area contributed by atoms with Crippen LogP contribution >= 0.6 is 0 Å². The second-order valence-electron chi connectivity index (χ2n) is 3.51. The van der Waals surface area contributed by atoms with E-state index >= 15 is 0 Å². The van der Waals surface area contributed by atoms with Gasteiger partial charge < -0.3 is 14.2 Å². The molecule has 0 amide bonds. The molecule has 1 aromatic carbocycles. The van der Waals surface area contributed by atoms with Crippen LogP contribution in [0, 0.1) is 0 Å². The molecule has 0 aliphatic carbocycles. The molecule has 0 fully saturated rings. The van der Waals surface area contributed by atoms with Crippen molar-refractivity contribution in [1.29, 1.82) is 0 Å². The lowest BCUT2D eigenvalue weighted by atomic mass is 10.2. The molecule has 0 heterocycles. The van der Waals surface area contributed by atoms with E-state index in [9.17, 15) is 9.59 Å². The maximum Gasteiger partial charge on any atom is 0.344 e. The van der Waals surface area contributed by atoms with Gasteiger partial charge in [0.2, 0.25) is 0 Å². The summed E-state index contributed by atoms with van der Waals surface area (Å²) in [6.45, 7) is 1.95. The van der Waals surface area contributed by atoms with Crippen molar-refractivity contribution in [3.05, 3.63) is 48.2 Å². The summed E-state index contributed by atoms with van der Waals surface area (Å²) in [5.74, 6) is -1.02. The topological polar surface area (TPSA) is 61.8 Å². The molecular formula is C14H16O5. The fourth-order valence-corrected chi connectivity index (χ4v) is 1.19. The van der Waals surface area contributed by atoms with Crippen LogP contribution in [0.4, 0.5) is 0 Å². The molecule has 1 aromatic rings. The summed E-state index contributed by atoms with van der Waals surface area (Å²) < 4.78 is 14.4. The Labute approximate surface area is 111 Å². The molecular weight excluding hydrogens is 248 g/mol. The molecule has 0 aromatic heterocycles. The highest BCUT2D eigenvalue weighted by atomic mass is 16.6. The summed E-state index contributed by atoms with van der Waals surface area (Å²) in [6.07, 6.45) is 2.22. The summed E-state index contributed by atoms with van der Waals surface area (Å²) in [7, 11) is 0. The number of rotatable bonds is 7. The van der Waals surface area contributed by atoms with Crippen molar-refractivity contribution in [3.63, 3.8) is 0 Å². The van der Waals surface area contributed by atoms with E-state index in [2.05, 4.69) is 4.74 Å². The maximum atomic E-state index is 11.3. The van der Waals surface area contributed by atoms with Crippen LogP contribution < -0.4 is 0 Å². The van der Waals surface area contributed by atoms with Gasteiger partial charge in [0.25, 0.3) is 0 Å². The number of hydrogen-bond donors (Lipinski definition) is 0. The molecule has 1 rings (SSSR count). The van der Waals surface area contributed by atoms with Crippen LogP contribution in [-0.2, 0) is 30.4 Å². The van der Waals surface area contributed by atoms with E-state index in [0.717, 1.165) is 17.9 Å². The molecule has 0 saturated heterocycles. The van der Waals surface area contributed by atoms with E-state index < -0.39 is 11.9 Å². The fraction of sp³-hybridized carbons (Fsp3) is 0.286. The Morgan fingerprint density at radius 3 is 2.58 bits per heavy atom. The molecule has 102 valence electrons. The average molecular weight is 264 g/mol. The van der Waals surface area contributed by atoms with Gasteiger partial charge in [0.05, 0.1) is 18.9 Å². The lowest BCUT2D eigenvalue weighted by molar-refractivity contribution is -0.148. The van der Waals surface area contributed by atoms with Crippen LogP contribution in [-0.4, -0.2) is 25.2 Å². The first kappa shape index (κ1) is 14.8. The summed E-state index contributed by atoms with van der Waals surface area (Å²) >= 11 is 0. The van der Waals surface area contributed by atoms with Crippen molar-refractivity contribution in [1.82, 2.24) is 0 Å². The van der Waals surface area contributed by atoms with Gasteiger partial charge in [-0.3, -0.25) is 0 Å². The minimum absolute atomic E-state index is 0.199. The van der Waals surface area contributed by atoms with E-state index in [-0.39, 0.29) is 13.2 Å². The monoisotopic (exact) mass is 264 g/mol. The number of esters is 2. The van der Waals surface area contributed by atoms with E-state index in [1.807, 2.05) is 30.3 Å². The second-order valence-corrected chi connectivity index (χ2v) is 3.51. The fourth-order valence-electron chi connectivity index (χ4n) is 1.19. The maximum absolute atomic E-state index is 11.3. The standard InChI is InChI=1S/C14H16O5/c1-2-18-13(15)8-9-17-11-14(16)19-10-12-6-4-3-5-7-12/h3-9H,2,10-11H2,1H3/b9-8+. The molecule has 0 bridgehead atoms. The van der Waals surface area contributed by atoms with Gasteiger partial charge in [0.1, 0.15) is 6.61 Å². The van der Waals surface area contributed by atoms with Crippen LogP contribution in [0.25, 0.3) is 0 Å². The SMILES string of the molecule is CCOC(=O)/C=C/OCC(=O)OCc1ccccc1. The average Bonchev–Trinajstić information content (AvgIpc) is 2.43. The van der Waals surface area contributed by atoms with E-state index in [1.54, 1.807) is 6.92 Å². The van der Waals surface area contributed by atoms with E-state index in [4.69, 9.17) is 9.47 Å². The quantitative estimate of drug-likeness (QED) is 0.427. The molecule has 0 aliphatic rings. The van der Waals surface area contributed by atoms with Crippen LogP contribution in [0.3, 0.4) is 0 Å². The Kier molecular flexibility index (Phi) is 6.79. The van der Waals surface area contributed by atoms with Gasteiger partial charge in [-0.15, -0.1) is 0 Å². The van der Waals surface area contributed by atoms with Gasteiger partial charge in [-0.25, -0.2) is 9.59 Å². The molecule has 0 unspecified atom stereocenters. The van der Waals surface area contributed by atoms with Gasteiger partial charge in [0, 0.05) is 0 Å². The zero-order valence-electron chi connectivity index (χ0n) is 10.7. The summed E-state index contributed by atoms with van der Waals surface area (Å²) in [6, 6.07) is 9.32. The van der Waals surface area contributed by atoms with Crippen LogP contribution in [0.15, 0.2) is 42.7 Å². The third-order valence-corrected chi connectivity index (χ3v) is 2.03. The molecule has 0 aliphatic heterocycles. The first-order valence-electron chi connectivity index (χ1n) is 5.87. The highest BCUT2D eigenvalue weighted by molar-refractivity contribution is 5.81. The largest absolute Gasteiger partial charge is 0.489 e. The van der Waals surface area contributed by atoms with Crippen LogP contribution in [0.5, 0.6) is 0 Å². The molecule has 0 atom stereocenters. The van der Waals surface area contributed by atoms with Crippen LogP contribution in [0.1, 0.15) is 12.5 Å². The lowest BCUT2D eigenvalue weighted by Crippen LogP contribution is -2.10. The summed E-state index contributed by atoms with van der Waals surface area (Å²) in [5.41, 5.74) is 0.901. The highest BCUT2D eigenvalue weighted by Crippen LogP contribution is 2.00. The Morgan fingerprint density at radius 2 is 1.89 bits per heavy atom. The van der Waals surface area contributed by atoms with Crippen LogP contribution in [0.2, 0.25) is 0 Å². The minimum atomic E-state index is -0.514. The van der Waals surface area contributed by atoms with E-state index in [1.165, 1.54) is 0 Å². The third kappa shape index (κ3) is 6.88. The van der Waals surface area contributed by atoms with Crippen molar-refractivity contribution >= 4 is 11.9 Å². The normalized spacial score (nSPS) is 10.2. The minimum Gasteiger partial charge on any atom is -0.489 e. The second kappa shape index (κ2) is 8.74. The number of carbonyl (C=O) groups is 2. The predicted octanol–water partition coefficient (Wildman–Crippen LogP) is 1.82. The molecule has 5 heteroatoms. The number of hydrogen-bond acceptors (Lipinski definition) is 5. The molecule has 0 saturated carbocycles. The smallest absolute Gasteiger partial charge is 0.344 e. The molecule has 19 heavy (non-hydrogen) atoms. The predicted molar refractivity (Wildman–Crippen MR) is 68.0 cm³/mol. The van der Waals surface area contributed by atoms with Gasteiger partial charge in [-0.05, 0) is 12.5 Å². The van der Waals surface area contributed by atoms with Crippen molar-refractivity contribution in [2.75, 3.05) is 13.2 Å². The first-order valence-corrected chi connectivity index (χ1v) is 5.87. The Hall–Kier alpha value is -2.30. The third-order valence-electron chi connectivity index (χ3n) is 2.03. The summed E-state index contributed by atoms with van der Waals surface area (Å²) in [5, 5.41) is 0. The number of carbonyl (C=O) groups excluding carboxylic acids is 2. The summed E-state index contributed by atoms with van der Waals surface area (Å²) in [4.78, 5) is 22.2.